The van der Waals surface area contributed by atoms with Gasteiger partial charge >= 0.3 is 5.97 Å². The van der Waals surface area contributed by atoms with Gasteiger partial charge in [0.05, 0.1) is 5.56 Å². The van der Waals surface area contributed by atoms with Gasteiger partial charge in [-0.05, 0) is 12.1 Å². The highest BCUT2D eigenvalue weighted by Crippen LogP contribution is 2.41. The molecule has 3 rings (SSSR count). The molecule has 1 heterocycles. The lowest BCUT2D eigenvalue weighted by molar-refractivity contribution is -0.233. The highest BCUT2D eigenvalue weighted by molar-refractivity contribution is 6.04. The highest BCUT2D eigenvalue weighted by Gasteiger charge is 2.54. The molecular formula is C18H16O5. The molecule has 1 aliphatic heterocycles. The molecule has 2 aromatic rings. The zero-order valence-electron chi connectivity index (χ0n) is 12.8. The minimum Gasteiger partial charge on any atom is -0.453 e. The molecule has 0 bridgehead atoms. The van der Waals surface area contributed by atoms with E-state index in [-0.39, 0.29) is 5.78 Å². The molecule has 0 unspecified atom stereocenters. The number of methoxy groups -OCH3 is 1. The molecule has 2 atom stereocenters. The first-order valence-corrected chi connectivity index (χ1v) is 7.18. The summed E-state index contributed by atoms with van der Waals surface area (Å²) in [6.45, 7) is 1.25. The smallest absolute Gasteiger partial charge is 0.303 e. The van der Waals surface area contributed by atoms with Crippen molar-refractivity contribution in [1.82, 2.24) is 0 Å². The van der Waals surface area contributed by atoms with Crippen LogP contribution in [0.1, 0.15) is 22.8 Å². The van der Waals surface area contributed by atoms with Gasteiger partial charge in [-0.1, -0.05) is 42.5 Å². The van der Waals surface area contributed by atoms with Crippen LogP contribution in [0.15, 0.2) is 54.6 Å². The molecule has 0 N–H and O–H groups in total. The van der Waals surface area contributed by atoms with Crippen LogP contribution in [0.3, 0.4) is 0 Å². The normalized spacial score (nSPS) is 22.9. The average molecular weight is 312 g/mol. The van der Waals surface area contributed by atoms with Crippen molar-refractivity contribution in [3.63, 3.8) is 0 Å². The molecule has 0 aliphatic carbocycles. The second kappa shape index (κ2) is 5.85. The fourth-order valence-electron chi connectivity index (χ4n) is 2.73. The van der Waals surface area contributed by atoms with Crippen LogP contribution in [-0.4, -0.2) is 25.0 Å². The number of carbonyl (C=O) groups excluding carboxylic acids is 2. The number of hydrogen-bond acceptors (Lipinski definition) is 5. The summed E-state index contributed by atoms with van der Waals surface area (Å²) in [5.74, 6) is -2.05. The van der Waals surface area contributed by atoms with Crippen LogP contribution in [-0.2, 0) is 20.1 Å². The number of carbonyl (C=O) groups is 2. The summed E-state index contributed by atoms with van der Waals surface area (Å²) in [6, 6.07) is 15.8. The zero-order chi connectivity index (χ0) is 16.4. The monoisotopic (exact) mass is 312 g/mol. The van der Waals surface area contributed by atoms with Crippen LogP contribution in [0, 0.1) is 0 Å². The second-order valence-electron chi connectivity index (χ2n) is 5.19. The van der Waals surface area contributed by atoms with Crippen LogP contribution in [0.25, 0.3) is 0 Å². The van der Waals surface area contributed by atoms with E-state index in [1.54, 1.807) is 48.5 Å². The minimum absolute atomic E-state index is 0.354. The standard InChI is InChI=1S/C18H16O5/c1-12(19)22-17-16(20)14-10-6-7-11-15(14)23-18(17,21-2)13-8-4-3-5-9-13/h3-11,17H,1-2H3/t17-,18-/m1/s1. The van der Waals surface area contributed by atoms with Gasteiger partial charge in [-0.25, -0.2) is 0 Å². The number of ketones is 1. The van der Waals surface area contributed by atoms with Crippen LogP contribution >= 0.6 is 0 Å². The number of fused-ring (bicyclic) bond motifs is 1. The maximum atomic E-state index is 12.9. The molecule has 0 saturated heterocycles. The SMILES string of the molecule is CO[C@]1(c2ccccc2)Oc2ccccc2C(=O)[C@H]1OC(C)=O. The van der Waals surface area contributed by atoms with E-state index in [1.165, 1.54) is 14.0 Å². The van der Waals surface area contributed by atoms with Gasteiger partial charge in [-0.2, -0.15) is 0 Å². The lowest BCUT2D eigenvalue weighted by Crippen LogP contribution is -2.55. The Hall–Kier alpha value is -2.66. The summed E-state index contributed by atoms with van der Waals surface area (Å²) >= 11 is 0. The molecule has 2 aromatic carbocycles. The third-order valence-corrected chi connectivity index (χ3v) is 3.76. The van der Waals surface area contributed by atoms with E-state index in [2.05, 4.69) is 0 Å². The molecule has 5 heteroatoms. The van der Waals surface area contributed by atoms with Gasteiger partial charge in [0.1, 0.15) is 5.75 Å². The predicted molar refractivity (Wildman–Crippen MR) is 82.1 cm³/mol. The van der Waals surface area contributed by atoms with Crippen molar-refractivity contribution >= 4 is 11.8 Å². The van der Waals surface area contributed by atoms with E-state index < -0.39 is 17.9 Å². The van der Waals surface area contributed by atoms with E-state index >= 15 is 0 Å². The number of para-hydroxylation sites is 1. The highest BCUT2D eigenvalue weighted by atomic mass is 16.7. The fraction of sp³-hybridized carbons (Fsp3) is 0.222. The largest absolute Gasteiger partial charge is 0.453 e. The second-order valence-corrected chi connectivity index (χ2v) is 5.19. The Labute approximate surface area is 133 Å². The van der Waals surface area contributed by atoms with Crippen LogP contribution in [0.4, 0.5) is 0 Å². The van der Waals surface area contributed by atoms with Crippen LogP contribution in [0.2, 0.25) is 0 Å². The summed E-state index contributed by atoms with van der Waals surface area (Å²) in [5, 5.41) is 0. The van der Waals surface area contributed by atoms with E-state index in [0.717, 1.165) is 0 Å². The van der Waals surface area contributed by atoms with Crippen LogP contribution < -0.4 is 4.74 Å². The van der Waals surface area contributed by atoms with Gasteiger partial charge < -0.3 is 14.2 Å². The molecule has 0 fully saturated rings. The lowest BCUT2D eigenvalue weighted by Gasteiger charge is -2.41. The Morgan fingerprint density at radius 1 is 1.09 bits per heavy atom. The molecule has 5 nitrogen and oxygen atoms in total. The molecule has 23 heavy (non-hydrogen) atoms. The topological polar surface area (TPSA) is 61.8 Å². The van der Waals surface area contributed by atoms with Crippen molar-refractivity contribution in [1.29, 1.82) is 0 Å². The summed E-state index contributed by atoms with van der Waals surface area (Å²) in [4.78, 5) is 24.4. The van der Waals surface area contributed by atoms with Gasteiger partial charge in [0.2, 0.25) is 11.9 Å². The number of esters is 1. The van der Waals surface area contributed by atoms with Gasteiger partial charge in [0.25, 0.3) is 5.79 Å². The fourth-order valence-corrected chi connectivity index (χ4v) is 2.73. The first-order valence-electron chi connectivity index (χ1n) is 7.18. The molecule has 0 radical (unpaired) electrons. The number of benzene rings is 2. The third-order valence-electron chi connectivity index (χ3n) is 3.76. The van der Waals surface area contributed by atoms with Gasteiger partial charge in [-0.15, -0.1) is 0 Å². The third kappa shape index (κ3) is 2.49. The summed E-state index contributed by atoms with van der Waals surface area (Å²) < 4.78 is 16.9. The maximum absolute atomic E-state index is 12.9. The van der Waals surface area contributed by atoms with Crippen molar-refractivity contribution in [2.75, 3.05) is 7.11 Å². The molecule has 0 amide bonds. The number of hydrogen-bond donors (Lipinski definition) is 0. The van der Waals surface area contributed by atoms with Gasteiger partial charge in [0, 0.05) is 19.6 Å². The summed E-state index contributed by atoms with van der Waals surface area (Å²) in [7, 11) is 1.42. The molecule has 0 aromatic heterocycles. The number of ether oxygens (including phenoxy) is 3. The van der Waals surface area contributed by atoms with Crippen molar-refractivity contribution < 1.29 is 23.8 Å². The van der Waals surface area contributed by atoms with Gasteiger partial charge in [-0.3, -0.25) is 9.59 Å². The van der Waals surface area contributed by atoms with Crippen molar-refractivity contribution in [3.8, 4) is 5.75 Å². The molecular weight excluding hydrogens is 296 g/mol. The first-order chi connectivity index (χ1) is 11.1. The van der Waals surface area contributed by atoms with E-state index in [9.17, 15) is 9.59 Å². The van der Waals surface area contributed by atoms with E-state index in [4.69, 9.17) is 14.2 Å². The summed E-state index contributed by atoms with van der Waals surface area (Å²) in [5.41, 5.74) is 0.957. The van der Waals surface area contributed by atoms with Crippen molar-refractivity contribution in [2.45, 2.75) is 18.8 Å². The van der Waals surface area contributed by atoms with Crippen molar-refractivity contribution in [2.24, 2.45) is 0 Å². The Balaban J connectivity index is 2.19. The Morgan fingerprint density at radius 2 is 1.74 bits per heavy atom. The Kier molecular flexibility index (Phi) is 3.88. The molecule has 0 spiro atoms. The lowest BCUT2D eigenvalue weighted by atomic mass is 9.90. The van der Waals surface area contributed by atoms with E-state index in [0.29, 0.717) is 16.9 Å². The number of Topliss-reactive ketones (excluding diaryl/α,β-unsaturated/α-hetero) is 1. The van der Waals surface area contributed by atoms with E-state index in [1.807, 2.05) is 6.07 Å². The Morgan fingerprint density at radius 3 is 2.39 bits per heavy atom. The molecule has 1 aliphatic rings. The molecule has 118 valence electrons. The van der Waals surface area contributed by atoms with Crippen molar-refractivity contribution in [3.05, 3.63) is 65.7 Å². The summed E-state index contributed by atoms with van der Waals surface area (Å²) in [6.07, 6.45) is -1.22. The number of rotatable bonds is 3. The quantitative estimate of drug-likeness (QED) is 0.816. The minimum atomic E-state index is -1.52. The zero-order valence-corrected chi connectivity index (χ0v) is 12.8. The average Bonchev–Trinajstić information content (AvgIpc) is 2.58. The first kappa shape index (κ1) is 15.2. The van der Waals surface area contributed by atoms with Gasteiger partial charge in [0.15, 0.2) is 0 Å². The maximum Gasteiger partial charge on any atom is 0.303 e. The Bertz CT molecular complexity index is 740. The molecule has 0 saturated carbocycles. The predicted octanol–water partition coefficient (Wildman–Crippen LogP) is 2.69. The van der Waals surface area contributed by atoms with Crippen LogP contribution in [0.5, 0.6) is 5.75 Å².